The summed E-state index contributed by atoms with van der Waals surface area (Å²) in [6.45, 7) is 12.9. The molecule has 0 aliphatic heterocycles. The highest BCUT2D eigenvalue weighted by Gasteiger charge is 2.38. The summed E-state index contributed by atoms with van der Waals surface area (Å²) < 4.78 is 0. The van der Waals surface area contributed by atoms with Crippen molar-refractivity contribution >= 4 is 0 Å². The van der Waals surface area contributed by atoms with Crippen LogP contribution >= 0.6 is 0 Å². The van der Waals surface area contributed by atoms with Gasteiger partial charge in [0.25, 0.3) is 0 Å². The molecule has 0 aromatic rings. The van der Waals surface area contributed by atoms with Crippen molar-refractivity contribution in [3.05, 3.63) is 0 Å². The lowest BCUT2D eigenvalue weighted by molar-refractivity contribution is 0.650. The molecular formula is C45H101N11. The summed E-state index contributed by atoms with van der Waals surface area (Å²) in [6, 6.07) is 2.92. The number of hydrogen-bond acceptors (Lipinski definition) is 11. The van der Waals surface area contributed by atoms with Crippen molar-refractivity contribution in [3.8, 4) is 0 Å². The van der Waals surface area contributed by atoms with Gasteiger partial charge in [0.05, 0.1) is 0 Å². The fraction of sp³-hybridized carbons (Fsp3) is 1.00. The summed E-state index contributed by atoms with van der Waals surface area (Å²) in [4.78, 5) is 0. The Morgan fingerprint density at radius 2 is 0.321 bits per heavy atom. The molecule has 0 heterocycles. The first-order valence-electron chi connectivity index (χ1n) is 23.6. The first-order valence-corrected chi connectivity index (χ1v) is 23.6. The maximum atomic E-state index is 5.65. The molecule has 11 nitrogen and oxygen atoms in total. The standard InChI is InChI=1S/6C5H11N.5C3H7N/c6*1-2-5(6)3-4-5;5*4-3-1-2-3/h6*2-4,6H2,1H3;5*3H,1-2,4H2. The van der Waals surface area contributed by atoms with Crippen LogP contribution in [-0.4, -0.2) is 63.4 Å². The third-order valence-electron chi connectivity index (χ3n) is 12.7. The van der Waals surface area contributed by atoms with Crippen molar-refractivity contribution < 1.29 is 0 Å². The van der Waals surface area contributed by atoms with Gasteiger partial charge in [-0.1, -0.05) is 41.5 Å². The van der Waals surface area contributed by atoms with Gasteiger partial charge in [-0.15, -0.1) is 0 Å². The minimum Gasteiger partial charge on any atom is -0.328 e. The molecule has 11 rings (SSSR count). The van der Waals surface area contributed by atoms with E-state index >= 15 is 0 Å². The Hall–Kier alpha value is -0.440. The van der Waals surface area contributed by atoms with Gasteiger partial charge in [0.1, 0.15) is 0 Å². The van der Waals surface area contributed by atoms with E-state index in [1.807, 2.05) is 0 Å². The van der Waals surface area contributed by atoms with Gasteiger partial charge in [-0.3, -0.25) is 0 Å². The van der Waals surface area contributed by atoms with E-state index in [0.29, 0.717) is 63.4 Å². The van der Waals surface area contributed by atoms with Gasteiger partial charge in [-0.25, -0.2) is 0 Å². The molecule has 0 amide bonds. The van der Waals surface area contributed by atoms with Crippen LogP contribution in [-0.2, 0) is 0 Å². The maximum Gasteiger partial charge on any atom is 0.0153 e. The van der Waals surface area contributed by atoms with E-state index in [4.69, 9.17) is 63.1 Å². The molecule has 11 aliphatic rings. The summed E-state index contributed by atoms with van der Waals surface area (Å²) in [7, 11) is 0. The van der Waals surface area contributed by atoms with Crippen LogP contribution in [0.3, 0.4) is 0 Å². The molecule has 11 aliphatic carbocycles. The molecule has 0 atom stereocenters. The predicted molar refractivity (Wildman–Crippen MR) is 245 cm³/mol. The monoisotopic (exact) mass is 796 g/mol. The Balaban J connectivity index is 0.000000309. The molecular weight excluding hydrogens is 695 g/mol. The number of rotatable bonds is 6. The number of hydrogen-bond donors (Lipinski definition) is 11. The normalized spacial score (nSPS) is 26.7. The molecule has 11 heteroatoms. The zero-order valence-corrected chi connectivity index (χ0v) is 38.0. The molecule has 0 bridgehead atoms. The second-order valence-electron chi connectivity index (χ2n) is 20.0. The van der Waals surface area contributed by atoms with E-state index in [1.165, 1.54) is 141 Å². The maximum absolute atomic E-state index is 5.65. The predicted octanol–water partition coefficient (Wildman–Crippen LogP) is 5.86. The molecule has 56 heavy (non-hydrogen) atoms. The van der Waals surface area contributed by atoms with Crippen molar-refractivity contribution in [1.29, 1.82) is 0 Å². The average Bonchev–Trinajstić information content (AvgIpc) is 3.98. The molecule has 0 spiro atoms. The molecule has 0 aromatic carbocycles. The molecule has 11 saturated carbocycles. The zero-order chi connectivity index (χ0) is 42.7. The van der Waals surface area contributed by atoms with Crippen molar-refractivity contribution in [3.63, 3.8) is 0 Å². The van der Waals surface area contributed by atoms with Gasteiger partial charge >= 0.3 is 0 Å². The van der Waals surface area contributed by atoms with E-state index in [2.05, 4.69) is 41.5 Å². The van der Waals surface area contributed by atoms with Gasteiger partial charge in [-0.05, 0) is 180 Å². The Kier molecular flexibility index (Phi) is 24.3. The van der Waals surface area contributed by atoms with Gasteiger partial charge in [0, 0.05) is 63.4 Å². The first-order chi connectivity index (χ1) is 26.1. The highest BCUT2D eigenvalue weighted by molar-refractivity contribution is 4.99. The lowest BCUT2D eigenvalue weighted by Gasteiger charge is -1.98. The van der Waals surface area contributed by atoms with Crippen LogP contribution < -0.4 is 63.1 Å². The molecule has 0 aromatic heterocycles. The second-order valence-corrected chi connectivity index (χ2v) is 20.0. The van der Waals surface area contributed by atoms with Crippen LogP contribution in [0.15, 0.2) is 0 Å². The van der Waals surface area contributed by atoms with Gasteiger partial charge in [0.15, 0.2) is 0 Å². The molecule has 0 saturated heterocycles. The van der Waals surface area contributed by atoms with Gasteiger partial charge < -0.3 is 63.1 Å². The molecule has 336 valence electrons. The summed E-state index contributed by atoms with van der Waals surface area (Å²) in [5.41, 5.74) is 61.7. The SMILES string of the molecule is CCC1(N)CC1.CCC1(N)CC1.CCC1(N)CC1.CCC1(N)CC1.CCC1(N)CC1.CCC1(N)CC1.NC1CC1.NC1CC1.NC1CC1.NC1CC1.NC1CC1. The smallest absolute Gasteiger partial charge is 0.0153 e. The van der Waals surface area contributed by atoms with E-state index in [-0.39, 0.29) is 0 Å². The average molecular weight is 796 g/mol. The van der Waals surface area contributed by atoms with Crippen LogP contribution in [0.25, 0.3) is 0 Å². The Morgan fingerprint density at radius 3 is 0.321 bits per heavy atom. The topological polar surface area (TPSA) is 286 Å². The van der Waals surface area contributed by atoms with Crippen LogP contribution in [0.5, 0.6) is 0 Å². The minimum atomic E-state index is 0.292. The summed E-state index contributed by atoms with van der Waals surface area (Å²) in [5.74, 6) is 0. The molecule has 11 fully saturated rings. The van der Waals surface area contributed by atoms with Crippen LogP contribution in [0, 0.1) is 0 Å². The highest BCUT2D eigenvalue weighted by atomic mass is 14.8. The van der Waals surface area contributed by atoms with E-state index < -0.39 is 0 Å². The Morgan fingerprint density at radius 1 is 0.250 bits per heavy atom. The van der Waals surface area contributed by atoms with Crippen LogP contribution in [0.2, 0.25) is 0 Å². The fourth-order valence-corrected chi connectivity index (χ4v) is 3.57. The van der Waals surface area contributed by atoms with Crippen molar-refractivity contribution in [1.82, 2.24) is 0 Å². The first kappa shape index (κ1) is 53.6. The summed E-state index contributed by atoms with van der Waals surface area (Å²) >= 11 is 0. The lowest BCUT2D eigenvalue weighted by atomic mass is 10.2. The molecule has 0 unspecified atom stereocenters. The van der Waals surface area contributed by atoms with E-state index in [9.17, 15) is 0 Å². The number of nitrogens with two attached hydrogens (primary N) is 11. The molecule has 22 N–H and O–H groups in total. The third-order valence-corrected chi connectivity index (χ3v) is 12.7. The largest absolute Gasteiger partial charge is 0.328 e. The highest BCUT2D eigenvalue weighted by Crippen LogP contribution is 2.37. The zero-order valence-electron chi connectivity index (χ0n) is 38.0. The van der Waals surface area contributed by atoms with Crippen molar-refractivity contribution in [2.45, 2.75) is 285 Å². The quantitative estimate of drug-likeness (QED) is 0.151. The van der Waals surface area contributed by atoms with E-state index in [1.54, 1.807) is 0 Å². The van der Waals surface area contributed by atoms with Gasteiger partial charge in [-0.2, -0.15) is 0 Å². The minimum absolute atomic E-state index is 0.292. The van der Waals surface area contributed by atoms with E-state index in [0.717, 1.165) is 38.5 Å². The Labute approximate surface area is 347 Å². The third kappa shape index (κ3) is 37.8. The summed E-state index contributed by atoms with van der Waals surface area (Å²) in [5, 5.41) is 0. The van der Waals surface area contributed by atoms with Crippen molar-refractivity contribution in [2.24, 2.45) is 63.1 Å². The Bertz CT molecular complexity index is 782. The molecule has 0 radical (unpaired) electrons. The summed E-state index contributed by atoms with van der Waals surface area (Å²) in [6.07, 6.45) is 34.6. The van der Waals surface area contributed by atoms with Crippen LogP contribution in [0.4, 0.5) is 0 Å². The lowest BCUT2D eigenvalue weighted by Crippen LogP contribution is -2.19. The van der Waals surface area contributed by atoms with Crippen LogP contribution in [0.1, 0.15) is 221 Å². The fourth-order valence-electron chi connectivity index (χ4n) is 3.57. The second kappa shape index (κ2) is 25.4. The van der Waals surface area contributed by atoms with Crippen molar-refractivity contribution in [2.75, 3.05) is 0 Å². The van der Waals surface area contributed by atoms with Gasteiger partial charge in [0.2, 0.25) is 0 Å².